The first kappa shape index (κ1) is 28.4. The number of hydrogen-bond acceptors (Lipinski definition) is 8. The highest BCUT2D eigenvalue weighted by molar-refractivity contribution is 8.26. The number of pyridine rings is 1. The summed E-state index contributed by atoms with van der Waals surface area (Å²) < 4.78 is 7.55. The number of rotatable bonds is 8. The van der Waals surface area contributed by atoms with Gasteiger partial charge in [-0.2, -0.15) is 5.26 Å². The molecule has 1 saturated carbocycles. The lowest BCUT2D eigenvalue weighted by Crippen LogP contribution is -2.43. The minimum absolute atomic E-state index is 0.0846. The van der Waals surface area contributed by atoms with E-state index in [1.165, 1.54) is 11.8 Å². The molecule has 4 rings (SSSR count). The molecular weight excluding hydrogens is 520 g/mol. The van der Waals surface area contributed by atoms with Crippen molar-refractivity contribution in [2.75, 3.05) is 24.6 Å². The summed E-state index contributed by atoms with van der Waals surface area (Å²) in [6.45, 7) is 7.46. The van der Waals surface area contributed by atoms with Crippen molar-refractivity contribution in [2.24, 2.45) is 5.92 Å². The maximum atomic E-state index is 13.5. The fraction of sp³-hybridized carbons (Fsp3) is 0.607. The number of hydrogen-bond donors (Lipinski definition) is 0. The summed E-state index contributed by atoms with van der Waals surface area (Å²) in [4.78, 5) is 44.0. The van der Waals surface area contributed by atoms with Gasteiger partial charge in [0.05, 0.1) is 17.4 Å². The van der Waals surface area contributed by atoms with E-state index >= 15 is 0 Å². The zero-order valence-electron chi connectivity index (χ0n) is 22.5. The second-order valence-electron chi connectivity index (χ2n) is 10.2. The summed E-state index contributed by atoms with van der Waals surface area (Å²) in [5.41, 5.74) is 0.974. The number of amides is 1. The fourth-order valence-electron chi connectivity index (χ4n) is 5.72. The van der Waals surface area contributed by atoms with E-state index in [-0.39, 0.29) is 35.0 Å². The molecule has 0 radical (unpaired) electrons. The van der Waals surface area contributed by atoms with E-state index in [1.807, 2.05) is 6.08 Å². The number of carbonyl (C=O) groups excluding carboxylic acids is 2. The van der Waals surface area contributed by atoms with Gasteiger partial charge in [0.2, 0.25) is 0 Å². The van der Waals surface area contributed by atoms with Crippen LogP contribution in [0.1, 0.15) is 81.9 Å². The smallest absolute Gasteiger partial charge is 0.310 e. The average molecular weight is 557 g/mol. The minimum Gasteiger partial charge on any atom is -0.466 e. The summed E-state index contributed by atoms with van der Waals surface area (Å²) in [5, 5.41) is 9.93. The Hall–Kier alpha value is -2.64. The summed E-state index contributed by atoms with van der Waals surface area (Å²) in [6.07, 6.45) is 9.04. The summed E-state index contributed by atoms with van der Waals surface area (Å²) in [5.74, 6) is 0.0250. The van der Waals surface area contributed by atoms with Crippen molar-refractivity contribution in [1.82, 2.24) is 9.47 Å². The summed E-state index contributed by atoms with van der Waals surface area (Å²) in [7, 11) is 0. The number of anilines is 1. The molecule has 1 aliphatic carbocycles. The van der Waals surface area contributed by atoms with Gasteiger partial charge >= 0.3 is 5.97 Å². The first-order valence-electron chi connectivity index (χ1n) is 13.7. The highest BCUT2D eigenvalue weighted by atomic mass is 32.2. The van der Waals surface area contributed by atoms with E-state index < -0.39 is 0 Å². The van der Waals surface area contributed by atoms with Crippen LogP contribution in [0.25, 0.3) is 6.08 Å². The van der Waals surface area contributed by atoms with E-state index in [0.29, 0.717) is 52.4 Å². The van der Waals surface area contributed by atoms with Crippen molar-refractivity contribution < 1.29 is 14.3 Å². The van der Waals surface area contributed by atoms with Crippen molar-refractivity contribution in [2.45, 2.75) is 84.7 Å². The van der Waals surface area contributed by atoms with E-state index in [4.69, 9.17) is 17.0 Å². The number of aromatic nitrogens is 1. The highest BCUT2D eigenvalue weighted by Crippen LogP contribution is 2.40. The summed E-state index contributed by atoms with van der Waals surface area (Å²) >= 11 is 6.90. The number of thiocarbonyl (C=S) groups is 1. The zero-order chi connectivity index (χ0) is 27.4. The van der Waals surface area contributed by atoms with Crippen LogP contribution in [0.3, 0.4) is 0 Å². The lowest BCUT2D eigenvalue weighted by Gasteiger charge is -2.36. The van der Waals surface area contributed by atoms with Crippen LogP contribution >= 0.6 is 24.0 Å². The van der Waals surface area contributed by atoms with Crippen LogP contribution in [0, 0.1) is 24.2 Å². The van der Waals surface area contributed by atoms with Gasteiger partial charge in [-0.15, -0.1) is 0 Å². The van der Waals surface area contributed by atoms with E-state index in [9.17, 15) is 19.6 Å². The Kier molecular flexibility index (Phi) is 9.32. The minimum atomic E-state index is -0.331. The van der Waals surface area contributed by atoms with Crippen molar-refractivity contribution in [3.63, 3.8) is 0 Å². The normalized spacial score (nSPS) is 21.4. The molecule has 0 N–H and O–H groups in total. The molecule has 0 spiro atoms. The summed E-state index contributed by atoms with van der Waals surface area (Å²) in [6, 6.07) is 2.24. The van der Waals surface area contributed by atoms with Gasteiger partial charge in [-0.05, 0) is 57.6 Å². The Labute approximate surface area is 234 Å². The molecule has 0 aromatic carbocycles. The first-order valence-corrected chi connectivity index (χ1v) is 14.9. The first-order chi connectivity index (χ1) is 18.3. The number of ether oxygens (including phenoxy) is 1. The molecule has 3 fully saturated rings. The molecule has 8 nitrogen and oxygen atoms in total. The molecule has 0 bridgehead atoms. The zero-order valence-corrected chi connectivity index (χ0v) is 24.1. The van der Waals surface area contributed by atoms with Crippen LogP contribution in [0.2, 0.25) is 0 Å². The second-order valence-corrected chi connectivity index (χ2v) is 11.9. The Balaban J connectivity index is 1.84. The molecule has 1 atom stereocenters. The molecule has 204 valence electrons. The largest absolute Gasteiger partial charge is 0.466 e. The maximum Gasteiger partial charge on any atom is 0.310 e. The van der Waals surface area contributed by atoms with Crippen LogP contribution in [0.5, 0.6) is 0 Å². The lowest BCUT2D eigenvalue weighted by atomic mass is 9.96. The van der Waals surface area contributed by atoms with Crippen LogP contribution in [-0.2, 0) is 20.9 Å². The quantitative estimate of drug-likeness (QED) is 0.257. The average Bonchev–Trinajstić information content (AvgIpc) is 3.52. The van der Waals surface area contributed by atoms with Gasteiger partial charge in [0.15, 0.2) is 0 Å². The number of thioether (sulfide) groups is 1. The Morgan fingerprint density at radius 2 is 1.95 bits per heavy atom. The number of carbonyl (C=O) groups is 2. The molecule has 3 heterocycles. The van der Waals surface area contributed by atoms with Gasteiger partial charge in [-0.25, -0.2) is 0 Å². The Morgan fingerprint density at radius 1 is 1.21 bits per heavy atom. The monoisotopic (exact) mass is 556 g/mol. The highest BCUT2D eigenvalue weighted by Gasteiger charge is 2.39. The number of esters is 1. The molecular formula is C28H36N4O4S2. The van der Waals surface area contributed by atoms with Gasteiger partial charge in [-0.1, -0.05) is 50.2 Å². The molecule has 1 amide bonds. The van der Waals surface area contributed by atoms with Crippen LogP contribution in [-0.4, -0.2) is 51.4 Å². The number of unbranched alkanes of at least 4 members (excludes halogenated alkanes) is 1. The van der Waals surface area contributed by atoms with Gasteiger partial charge < -0.3 is 9.64 Å². The van der Waals surface area contributed by atoms with Crippen LogP contribution < -0.4 is 10.5 Å². The number of nitrogens with zero attached hydrogens (tertiary/aromatic N) is 4. The molecule has 1 unspecified atom stereocenters. The molecule has 2 aliphatic heterocycles. The number of nitriles is 1. The van der Waals surface area contributed by atoms with Gasteiger partial charge in [0.25, 0.3) is 11.5 Å². The predicted octanol–water partition coefficient (Wildman–Crippen LogP) is 4.75. The predicted molar refractivity (Wildman–Crippen MR) is 154 cm³/mol. The van der Waals surface area contributed by atoms with Crippen molar-refractivity contribution in [3.8, 4) is 6.07 Å². The van der Waals surface area contributed by atoms with Crippen LogP contribution in [0.15, 0.2) is 9.70 Å². The molecule has 1 aromatic rings. The number of piperidine rings is 1. The Bertz CT molecular complexity index is 1240. The van der Waals surface area contributed by atoms with Gasteiger partial charge in [-0.3, -0.25) is 23.9 Å². The topological polar surface area (TPSA) is 95.6 Å². The standard InChI is InChI=1S/C28H36N4O4S2/c1-4-6-14-31-24(30-13-9-10-19(17-30)27(35)36-5-2)21(18(3)22(16-29)25(31)33)15-23-26(34)32(28(37)38-23)20-11-7-8-12-20/h15,19-20H,4-14,17H2,1-3H3/b23-15+. The third kappa shape index (κ3) is 5.55. The molecule has 10 heteroatoms. The molecule has 3 aliphatic rings. The second kappa shape index (κ2) is 12.5. The molecule has 2 saturated heterocycles. The lowest BCUT2D eigenvalue weighted by molar-refractivity contribution is -0.148. The maximum absolute atomic E-state index is 13.5. The van der Waals surface area contributed by atoms with Crippen LogP contribution in [0.4, 0.5) is 5.82 Å². The third-order valence-corrected chi connectivity index (χ3v) is 9.04. The SMILES string of the molecule is CCCCn1c(N2CCCC(C(=O)OCC)C2)c(/C=C2/SC(=S)N(C3CCCC3)C2=O)c(C)c(C#N)c1=O. The van der Waals surface area contributed by atoms with Crippen molar-refractivity contribution >= 4 is 52.1 Å². The van der Waals surface area contributed by atoms with Crippen molar-refractivity contribution in [1.29, 1.82) is 5.26 Å². The third-order valence-electron chi connectivity index (χ3n) is 7.71. The fourth-order valence-corrected chi connectivity index (χ4v) is 7.10. The Morgan fingerprint density at radius 3 is 2.61 bits per heavy atom. The molecule has 1 aromatic heterocycles. The van der Waals surface area contributed by atoms with Gasteiger partial charge in [0.1, 0.15) is 21.8 Å². The van der Waals surface area contributed by atoms with Crippen molar-refractivity contribution in [3.05, 3.63) is 31.9 Å². The van der Waals surface area contributed by atoms with E-state index in [1.54, 1.807) is 23.3 Å². The van der Waals surface area contributed by atoms with Gasteiger partial charge in [0, 0.05) is 31.2 Å². The van der Waals surface area contributed by atoms with E-state index in [0.717, 1.165) is 51.4 Å². The van der Waals surface area contributed by atoms with E-state index in [2.05, 4.69) is 17.9 Å². The molecule has 38 heavy (non-hydrogen) atoms.